The average molecular weight is 244 g/mol. The molecule has 0 fully saturated rings. The Labute approximate surface area is 105 Å². The second kappa shape index (κ2) is 5.15. The highest BCUT2D eigenvalue weighted by molar-refractivity contribution is 7.20. The van der Waals surface area contributed by atoms with Crippen molar-refractivity contribution >= 4 is 27.3 Å². The zero-order chi connectivity index (χ0) is 12.3. The lowest BCUT2D eigenvalue weighted by molar-refractivity contribution is 0.849. The van der Waals surface area contributed by atoms with Gasteiger partial charge in [-0.1, -0.05) is 18.2 Å². The van der Waals surface area contributed by atoms with E-state index in [0.717, 1.165) is 24.1 Å². The maximum atomic E-state index is 7.48. The van der Waals surface area contributed by atoms with Crippen molar-refractivity contribution in [3.05, 3.63) is 47.4 Å². The first-order valence-electron chi connectivity index (χ1n) is 5.69. The lowest BCUT2D eigenvalue weighted by Gasteiger charge is -2.01. The molecule has 0 saturated heterocycles. The molecule has 0 aliphatic heterocycles. The first-order chi connectivity index (χ1) is 8.22. The molecule has 0 aliphatic carbocycles. The van der Waals surface area contributed by atoms with Crippen LogP contribution in [0.4, 0.5) is 0 Å². The van der Waals surface area contributed by atoms with Crippen molar-refractivity contribution in [1.29, 1.82) is 5.41 Å². The molecule has 0 atom stereocenters. The van der Waals surface area contributed by atoms with Crippen molar-refractivity contribution < 1.29 is 0 Å². The van der Waals surface area contributed by atoms with Crippen molar-refractivity contribution in [2.45, 2.75) is 19.3 Å². The molecule has 2 nitrogen and oxygen atoms in total. The van der Waals surface area contributed by atoms with Crippen molar-refractivity contribution in [3.63, 3.8) is 0 Å². The third-order valence-corrected chi connectivity index (χ3v) is 3.91. The maximum absolute atomic E-state index is 7.48. The summed E-state index contributed by atoms with van der Waals surface area (Å²) in [4.78, 5) is 0.858. The molecule has 1 heterocycles. The zero-order valence-electron chi connectivity index (χ0n) is 9.70. The summed E-state index contributed by atoms with van der Waals surface area (Å²) in [5, 5.41) is 8.72. The predicted molar refractivity (Wildman–Crippen MR) is 76.0 cm³/mol. The van der Waals surface area contributed by atoms with Crippen LogP contribution in [0.1, 0.15) is 23.3 Å². The van der Waals surface area contributed by atoms with E-state index in [0.29, 0.717) is 0 Å². The van der Waals surface area contributed by atoms with Gasteiger partial charge in [0, 0.05) is 4.70 Å². The summed E-state index contributed by atoms with van der Waals surface area (Å²) >= 11 is 1.59. The highest BCUT2D eigenvalue weighted by Gasteiger charge is 2.07. The molecule has 0 spiro atoms. The Morgan fingerprint density at radius 1 is 1.47 bits per heavy atom. The van der Waals surface area contributed by atoms with E-state index in [-0.39, 0.29) is 5.84 Å². The summed E-state index contributed by atoms with van der Waals surface area (Å²) in [5.41, 5.74) is 6.87. The fraction of sp³-hybridized carbons (Fsp3) is 0.214. The summed E-state index contributed by atoms with van der Waals surface area (Å²) in [6.07, 6.45) is 5.17. The molecule has 3 N–H and O–H groups in total. The van der Waals surface area contributed by atoms with Crippen molar-refractivity contribution in [3.8, 4) is 0 Å². The number of nitrogen functional groups attached to an aromatic ring is 1. The van der Waals surface area contributed by atoms with E-state index in [1.807, 2.05) is 12.1 Å². The maximum Gasteiger partial charge on any atom is 0.133 e. The van der Waals surface area contributed by atoms with Gasteiger partial charge in [0.25, 0.3) is 0 Å². The fourth-order valence-electron chi connectivity index (χ4n) is 1.91. The Bertz CT molecular complexity index is 554. The first kappa shape index (κ1) is 11.9. The lowest BCUT2D eigenvalue weighted by atomic mass is 10.0. The van der Waals surface area contributed by atoms with Gasteiger partial charge in [0.1, 0.15) is 5.84 Å². The van der Waals surface area contributed by atoms with Crippen LogP contribution in [0.3, 0.4) is 0 Å². The van der Waals surface area contributed by atoms with Gasteiger partial charge in [0.05, 0.1) is 4.88 Å². The summed E-state index contributed by atoms with van der Waals surface area (Å²) < 4.78 is 1.21. The van der Waals surface area contributed by atoms with Crippen molar-refractivity contribution in [2.75, 3.05) is 0 Å². The summed E-state index contributed by atoms with van der Waals surface area (Å²) in [6.45, 7) is 3.74. The summed E-state index contributed by atoms with van der Waals surface area (Å²) in [6, 6.07) is 8.35. The first-order valence-corrected chi connectivity index (χ1v) is 6.50. The minimum atomic E-state index is 0.156. The molecule has 17 heavy (non-hydrogen) atoms. The minimum absolute atomic E-state index is 0.156. The number of hydrogen-bond donors (Lipinski definition) is 2. The van der Waals surface area contributed by atoms with E-state index in [2.05, 4.69) is 24.8 Å². The zero-order valence-corrected chi connectivity index (χ0v) is 10.5. The van der Waals surface area contributed by atoms with Crippen molar-refractivity contribution in [1.82, 2.24) is 0 Å². The third kappa shape index (κ3) is 2.56. The highest BCUT2D eigenvalue weighted by atomic mass is 32.1. The Hall–Kier alpha value is -1.61. The molecule has 0 unspecified atom stereocenters. The SMILES string of the molecule is C=CCCCc1cccc2sc(C(=N)N)cc12. The average Bonchev–Trinajstić information content (AvgIpc) is 2.74. The number of thiophene rings is 1. The second-order valence-electron chi connectivity index (χ2n) is 4.03. The van der Waals surface area contributed by atoms with Gasteiger partial charge in [-0.25, -0.2) is 0 Å². The predicted octanol–water partition coefficient (Wildman–Crippen LogP) is 3.69. The standard InChI is InChI=1S/C14H16N2S/c1-2-3-4-6-10-7-5-8-12-11(10)9-13(17-12)14(15)16/h2,5,7-9H,1,3-4,6H2,(H3,15,16). The van der Waals surface area contributed by atoms with E-state index in [1.54, 1.807) is 11.3 Å². The molecule has 0 radical (unpaired) electrons. The van der Waals surface area contributed by atoms with Crippen LogP contribution in [0.15, 0.2) is 36.9 Å². The number of nitrogens with two attached hydrogens (primary N) is 1. The second-order valence-corrected chi connectivity index (χ2v) is 5.12. The number of allylic oxidation sites excluding steroid dienone is 1. The number of nitrogens with one attached hydrogen (secondary N) is 1. The molecule has 2 aromatic rings. The van der Waals surface area contributed by atoms with E-state index >= 15 is 0 Å². The number of aryl methyl sites for hydroxylation is 1. The monoisotopic (exact) mass is 244 g/mol. The largest absolute Gasteiger partial charge is 0.383 e. The van der Waals surface area contributed by atoms with Crippen LogP contribution in [-0.4, -0.2) is 5.84 Å². The van der Waals surface area contributed by atoms with E-state index in [1.165, 1.54) is 15.6 Å². The van der Waals surface area contributed by atoms with Gasteiger partial charge in [0.2, 0.25) is 0 Å². The Kier molecular flexibility index (Phi) is 3.59. The van der Waals surface area contributed by atoms with Crippen LogP contribution in [0.5, 0.6) is 0 Å². The molecule has 88 valence electrons. The van der Waals surface area contributed by atoms with Gasteiger partial charge < -0.3 is 5.73 Å². The summed E-state index contributed by atoms with van der Waals surface area (Å²) in [5.74, 6) is 0.156. The number of rotatable bonds is 5. The quantitative estimate of drug-likeness (QED) is 0.358. The van der Waals surface area contributed by atoms with Crippen LogP contribution in [-0.2, 0) is 6.42 Å². The van der Waals surface area contributed by atoms with Gasteiger partial charge in [-0.2, -0.15) is 0 Å². The minimum Gasteiger partial charge on any atom is -0.383 e. The van der Waals surface area contributed by atoms with Gasteiger partial charge in [-0.05, 0) is 42.3 Å². The molecular weight excluding hydrogens is 228 g/mol. The van der Waals surface area contributed by atoms with Crippen LogP contribution >= 0.6 is 11.3 Å². The van der Waals surface area contributed by atoms with Crippen LogP contribution in [0.2, 0.25) is 0 Å². The fourth-order valence-corrected chi connectivity index (χ4v) is 2.88. The van der Waals surface area contributed by atoms with Crippen molar-refractivity contribution in [2.24, 2.45) is 5.73 Å². The number of unbranched alkanes of at least 4 members (excludes halogenated alkanes) is 1. The molecule has 2 rings (SSSR count). The third-order valence-electron chi connectivity index (χ3n) is 2.77. The Morgan fingerprint density at radius 2 is 2.29 bits per heavy atom. The van der Waals surface area contributed by atoms with Crippen LogP contribution in [0, 0.1) is 5.41 Å². The lowest BCUT2D eigenvalue weighted by Crippen LogP contribution is -2.08. The van der Waals surface area contributed by atoms with Gasteiger partial charge in [0.15, 0.2) is 0 Å². The molecule has 0 aliphatic rings. The van der Waals surface area contributed by atoms with Gasteiger partial charge in [-0.15, -0.1) is 17.9 Å². The number of benzene rings is 1. The number of hydrogen-bond acceptors (Lipinski definition) is 2. The number of amidine groups is 1. The van der Waals surface area contributed by atoms with E-state index in [9.17, 15) is 0 Å². The molecule has 1 aromatic heterocycles. The smallest absolute Gasteiger partial charge is 0.133 e. The normalized spacial score (nSPS) is 10.6. The Morgan fingerprint density at radius 3 is 3.00 bits per heavy atom. The van der Waals surface area contributed by atoms with Crippen LogP contribution in [0.25, 0.3) is 10.1 Å². The van der Waals surface area contributed by atoms with Crippen LogP contribution < -0.4 is 5.73 Å². The van der Waals surface area contributed by atoms with Gasteiger partial charge >= 0.3 is 0 Å². The molecule has 0 saturated carbocycles. The Balaban J connectivity index is 2.35. The molecule has 0 amide bonds. The molecule has 3 heteroatoms. The van der Waals surface area contributed by atoms with E-state index in [4.69, 9.17) is 11.1 Å². The van der Waals surface area contributed by atoms with Gasteiger partial charge in [-0.3, -0.25) is 5.41 Å². The summed E-state index contributed by atoms with van der Waals surface area (Å²) in [7, 11) is 0. The molecular formula is C14H16N2S. The number of fused-ring (bicyclic) bond motifs is 1. The topological polar surface area (TPSA) is 49.9 Å². The van der Waals surface area contributed by atoms with E-state index < -0.39 is 0 Å². The molecule has 1 aromatic carbocycles. The molecule has 0 bridgehead atoms. The highest BCUT2D eigenvalue weighted by Crippen LogP contribution is 2.28.